The number of rotatable bonds is 4. The molecule has 1 saturated heterocycles. The van der Waals surface area contributed by atoms with E-state index < -0.39 is 6.09 Å². The lowest BCUT2D eigenvalue weighted by molar-refractivity contribution is -0.119. The van der Waals surface area contributed by atoms with Gasteiger partial charge in [0, 0.05) is 13.0 Å². The van der Waals surface area contributed by atoms with Gasteiger partial charge < -0.3 is 14.8 Å². The lowest BCUT2D eigenvalue weighted by Gasteiger charge is -2.13. The first-order valence-electron chi connectivity index (χ1n) is 5.97. The molecule has 6 nitrogen and oxygen atoms in total. The van der Waals surface area contributed by atoms with Crippen molar-refractivity contribution in [2.45, 2.75) is 13.0 Å². The summed E-state index contributed by atoms with van der Waals surface area (Å²) in [5.41, 5.74) is 0.717. The Morgan fingerprint density at radius 2 is 2.37 bits per heavy atom. The van der Waals surface area contributed by atoms with Crippen LogP contribution in [-0.2, 0) is 9.53 Å². The Bertz CT molecular complexity index is 489. The van der Waals surface area contributed by atoms with Crippen LogP contribution >= 0.6 is 0 Å². The molecule has 1 heterocycles. The molecule has 0 unspecified atom stereocenters. The number of benzene rings is 1. The van der Waals surface area contributed by atoms with Crippen LogP contribution in [0.25, 0.3) is 0 Å². The average molecular weight is 264 g/mol. The molecule has 1 aromatic carbocycles. The van der Waals surface area contributed by atoms with Gasteiger partial charge in [-0.1, -0.05) is 6.07 Å². The van der Waals surface area contributed by atoms with Crippen molar-refractivity contribution in [3.8, 4) is 5.75 Å². The van der Waals surface area contributed by atoms with Crippen LogP contribution in [0.4, 0.5) is 10.5 Å². The lowest BCUT2D eigenvalue weighted by atomic mass is 10.2. The van der Waals surface area contributed by atoms with Crippen LogP contribution in [0.5, 0.6) is 5.75 Å². The van der Waals surface area contributed by atoms with Crippen LogP contribution in [0.1, 0.15) is 6.92 Å². The minimum Gasteiger partial charge on any atom is -0.497 e. The number of hydrogen-bond donors (Lipinski definition) is 1. The topological polar surface area (TPSA) is 67.9 Å². The number of ether oxygens (including phenoxy) is 2. The largest absolute Gasteiger partial charge is 0.497 e. The van der Waals surface area contributed by atoms with Gasteiger partial charge in [0.25, 0.3) is 0 Å². The number of nitrogens with one attached hydrogen (secondary N) is 1. The second-order valence-electron chi connectivity index (χ2n) is 4.25. The molecule has 0 aromatic heterocycles. The van der Waals surface area contributed by atoms with E-state index in [0.29, 0.717) is 18.8 Å². The Kier molecular flexibility index (Phi) is 3.89. The van der Waals surface area contributed by atoms with Crippen LogP contribution in [0, 0.1) is 0 Å². The van der Waals surface area contributed by atoms with E-state index >= 15 is 0 Å². The first-order chi connectivity index (χ1) is 9.10. The number of anilines is 1. The van der Waals surface area contributed by atoms with Crippen molar-refractivity contribution >= 4 is 17.7 Å². The Labute approximate surface area is 111 Å². The number of carbonyl (C=O) groups is 2. The Balaban J connectivity index is 2.04. The minimum absolute atomic E-state index is 0.143. The summed E-state index contributed by atoms with van der Waals surface area (Å²) in [5, 5.41) is 2.64. The van der Waals surface area contributed by atoms with E-state index in [4.69, 9.17) is 9.47 Å². The molecular formula is C13H16N2O4. The van der Waals surface area contributed by atoms with E-state index in [2.05, 4.69) is 5.32 Å². The van der Waals surface area contributed by atoms with E-state index in [0.717, 1.165) is 5.69 Å². The number of nitrogens with zero attached hydrogens (tertiary/aromatic N) is 1. The molecule has 0 bridgehead atoms. The van der Waals surface area contributed by atoms with Gasteiger partial charge in [0.1, 0.15) is 11.9 Å². The zero-order valence-electron chi connectivity index (χ0n) is 10.9. The van der Waals surface area contributed by atoms with Crippen LogP contribution in [-0.4, -0.2) is 38.3 Å². The van der Waals surface area contributed by atoms with Gasteiger partial charge in [-0.2, -0.15) is 0 Å². The molecule has 1 atom stereocenters. The van der Waals surface area contributed by atoms with Gasteiger partial charge in [-0.05, 0) is 12.1 Å². The summed E-state index contributed by atoms with van der Waals surface area (Å²) >= 11 is 0. The summed E-state index contributed by atoms with van der Waals surface area (Å²) in [7, 11) is 1.57. The van der Waals surface area contributed by atoms with E-state index in [9.17, 15) is 9.59 Å². The van der Waals surface area contributed by atoms with Gasteiger partial charge in [-0.3, -0.25) is 9.69 Å². The number of methoxy groups -OCH3 is 1. The third-order valence-electron chi connectivity index (χ3n) is 2.82. The maximum absolute atomic E-state index is 11.8. The molecule has 1 aliphatic heterocycles. The van der Waals surface area contributed by atoms with Gasteiger partial charge in [0.05, 0.1) is 25.9 Å². The molecule has 1 aliphatic rings. The van der Waals surface area contributed by atoms with Crippen LogP contribution in [0.3, 0.4) is 0 Å². The highest BCUT2D eigenvalue weighted by Crippen LogP contribution is 2.25. The average Bonchev–Trinajstić information content (AvgIpc) is 2.78. The van der Waals surface area contributed by atoms with Crippen molar-refractivity contribution in [2.75, 3.05) is 25.1 Å². The Hall–Kier alpha value is -2.24. The van der Waals surface area contributed by atoms with Gasteiger partial charge in [0.2, 0.25) is 5.91 Å². The fourth-order valence-corrected chi connectivity index (χ4v) is 1.87. The minimum atomic E-state index is -0.413. The highest BCUT2D eigenvalue weighted by Gasteiger charge is 2.32. The monoisotopic (exact) mass is 264 g/mol. The second-order valence-corrected chi connectivity index (χ2v) is 4.25. The Morgan fingerprint density at radius 3 is 3.05 bits per heavy atom. The van der Waals surface area contributed by atoms with Crippen molar-refractivity contribution in [3.63, 3.8) is 0 Å². The fourth-order valence-electron chi connectivity index (χ4n) is 1.87. The van der Waals surface area contributed by atoms with Crippen LogP contribution in [0.2, 0.25) is 0 Å². The van der Waals surface area contributed by atoms with Crippen LogP contribution < -0.4 is 15.0 Å². The zero-order chi connectivity index (χ0) is 13.8. The Morgan fingerprint density at radius 1 is 1.58 bits per heavy atom. The third kappa shape index (κ3) is 3.15. The highest BCUT2D eigenvalue weighted by molar-refractivity contribution is 5.90. The van der Waals surface area contributed by atoms with Crippen molar-refractivity contribution < 1.29 is 19.1 Å². The summed E-state index contributed by atoms with van der Waals surface area (Å²) in [6.45, 7) is 2.16. The first-order valence-corrected chi connectivity index (χ1v) is 5.97. The molecule has 2 amide bonds. The van der Waals surface area contributed by atoms with Gasteiger partial charge in [0.15, 0.2) is 0 Å². The molecule has 0 aliphatic carbocycles. The SMILES string of the molecule is COc1cccc(N2C[C@@H](CNC(C)=O)OC2=O)c1. The number of cyclic esters (lactones) is 1. The molecular weight excluding hydrogens is 248 g/mol. The van der Waals surface area contributed by atoms with Crippen molar-refractivity contribution in [1.82, 2.24) is 5.32 Å². The summed E-state index contributed by atoms with van der Waals surface area (Å²) in [4.78, 5) is 24.1. The van der Waals surface area contributed by atoms with Gasteiger partial charge >= 0.3 is 6.09 Å². The molecule has 1 N–H and O–H groups in total. The summed E-state index contributed by atoms with van der Waals surface area (Å²) in [6, 6.07) is 7.19. The second kappa shape index (κ2) is 5.60. The van der Waals surface area contributed by atoms with E-state index in [1.54, 1.807) is 19.2 Å². The molecule has 0 spiro atoms. The molecule has 0 saturated carbocycles. The smallest absolute Gasteiger partial charge is 0.414 e. The molecule has 1 aromatic rings. The molecule has 6 heteroatoms. The standard InChI is InChI=1S/C13H16N2O4/c1-9(16)14-7-12-8-15(13(17)19-12)10-4-3-5-11(6-10)18-2/h3-6,12H,7-8H2,1-2H3,(H,14,16)/t12-/m1/s1. The number of carbonyl (C=O) groups excluding carboxylic acids is 2. The molecule has 102 valence electrons. The zero-order valence-corrected chi connectivity index (χ0v) is 10.9. The number of amides is 2. The van der Waals surface area contributed by atoms with Gasteiger partial charge in [-0.25, -0.2) is 4.79 Å². The number of hydrogen-bond acceptors (Lipinski definition) is 4. The maximum Gasteiger partial charge on any atom is 0.414 e. The predicted molar refractivity (Wildman–Crippen MR) is 69.3 cm³/mol. The summed E-state index contributed by atoms with van der Waals surface area (Å²) in [5.74, 6) is 0.534. The quantitative estimate of drug-likeness (QED) is 0.886. The highest BCUT2D eigenvalue weighted by atomic mass is 16.6. The van der Waals surface area contributed by atoms with Crippen molar-refractivity contribution in [2.24, 2.45) is 0 Å². The third-order valence-corrected chi connectivity index (χ3v) is 2.82. The normalized spacial score (nSPS) is 18.1. The maximum atomic E-state index is 11.8. The van der Waals surface area contributed by atoms with Crippen molar-refractivity contribution in [3.05, 3.63) is 24.3 Å². The first kappa shape index (κ1) is 13.2. The van der Waals surface area contributed by atoms with E-state index in [-0.39, 0.29) is 12.0 Å². The summed E-state index contributed by atoms with van der Waals surface area (Å²) in [6.07, 6.45) is -0.744. The molecule has 0 radical (unpaired) electrons. The molecule has 2 rings (SSSR count). The van der Waals surface area contributed by atoms with E-state index in [1.807, 2.05) is 12.1 Å². The van der Waals surface area contributed by atoms with E-state index in [1.165, 1.54) is 11.8 Å². The summed E-state index contributed by atoms with van der Waals surface area (Å²) < 4.78 is 10.3. The van der Waals surface area contributed by atoms with Gasteiger partial charge in [-0.15, -0.1) is 0 Å². The van der Waals surface area contributed by atoms with Crippen molar-refractivity contribution in [1.29, 1.82) is 0 Å². The molecule has 1 fully saturated rings. The molecule has 19 heavy (non-hydrogen) atoms. The fraction of sp³-hybridized carbons (Fsp3) is 0.385. The predicted octanol–water partition coefficient (Wildman–Crippen LogP) is 1.16. The van der Waals surface area contributed by atoms with Crippen LogP contribution in [0.15, 0.2) is 24.3 Å². The lowest BCUT2D eigenvalue weighted by Crippen LogP contribution is -2.33.